The zero-order valence-corrected chi connectivity index (χ0v) is 16.9. The van der Waals surface area contributed by atoms with E-state index in [9.17, 15) is 18.0 Å². The minimum absolute atomic E-state index is 0.0993. The van der Waals surface area contributed by atoms with Crippen molar-refractivity contribution in [1.29, 1.82) is 0 Å². The highest BCUT2D eigenvalue weighted by Gasteiger charge is 2.26. The highest BCUT2D eigenvalue weighted by molar-refractivity contribution is 7.89. The van der Waals surface area contributed by atoms with Gasteiger partial charge in [0.2, 0.25) is 15.9 Å². The Hall–Kier alpha value is -2.85. The van der Waals surface area contributed by atoms with E-state index in [1.165, 1.54) is 31.0 Å². The van der Waals surface area contributed by atoms with Crippen LogP contribution in [0.4, 0.5) is 5.69 Å². The number of nitrogens with one attached hydrogen (secondary N) is 1. The molecule has 1 heterocycles. The van der Waals surface area contributed by atoms with Gasteiger partial charge in [0.15, 0.2) is 0 Å². The van der Waals surface area contributed by atoms with Gasteiger partial charge in [0.05, 0.1) is 20.3 Å². The molecule has 10 heteroatoms. The summed E-state index contributed by atoms with van der Waals surface area (Å²) in [6.45, 7) is 1.45. The molecule has 152 valence electrons. The SMILES string of the molecule is CCOC(=O)c1cc(S(=O)(=O)N(C)CC(=O)Nc2ccc(OC)cc2)cn1C. The monoisotopic (exact) mass is 409 g/mol. The molecule has 1 aromatic heterocycles. The van der Waals surface area contributed by atoms with Crippen LogP contribution >= 0.6 is 0 Å². The van der Waals surface area contributed by atoms with E-state index < -0.39 is 28.4 Å². The second-order valence-electron chi connectivity index (χ2n) is 5.93. The number of likely N-dealkylation sites (N-methyl/N-ethyl adjacent to an activating group) is 1. The topological polar surface area (TPSA) is 107 Å². The van der Waals surface area contributed by atoms with Crippen molar-refractivity contribution in [1.82, 2.24) is 8.87 Å². The lowest BCUT2D eigenvalue weighted by molar-refractivity contribution is -0.116. The molecule has 1 N–H and O–H groups in total. The van der Waals surface area contributed by atoms with Gasteiger partial charge in [-0.2, -0.15) is 4.31 Å². The van der Waals surface area contributed by atoms with E-state index >= 15 is 0 Å². The second-order valence-corrected chi connectivity index (χ2v) is 7.98. The minimum atomic E-state index is -3.96. The number of sulfonamides is 1. The number of amides is 1. The Labute approximate surface area is 163 Å². The fourth-order valence-corrected chi connectivity index (χ4v) is 3.62. The third kappa shape index (κ3) is 4.90. The van der Waals surface area contributed by atoms with Crippen LogP contribution in [-0.2, 0) is 26.6 Å². The summed E-state index contributed by atoms with van der Waals surface area (Å²) in [5.41, 5.74) is 0.623. The molecule has 1 amide bonds. The molecule has 0 spiro atoms. The maximum absolute atomic E-state index is 12.7. The summed E-state index contributed by atoms with van der Waals surface area (Å²) in [5.74, 6) is -0.483. The first-order valence-electron chi connectivity index (χ1n) is 8.42. The lowest BCUT2D eigenvalue weighted by atomic mass is 10.3. The van der Waals surface area contributed by atoms with Crippen molar-refractivity contribution in [2.75, 3.05) is 32.6 Å². The molecule has 2 rings (SSSR count). The number of aromatic nitrogens is 1. The lowest BCUT2D eigenvalue weighted by Gasteiger charge is -2.16. The maximum Gasteiger partial charge on any atom is 0.354 e. The van der Waals surface area contributed by atoms with Crippen molar-refractivity contribution < 1.29 is 27.5 Å². The Morgan fingerprint density at radius 2 is 1.86 bits per heavy atom. The van der Waals surface area contributed by atoms with E-state index in [1.807, 2.05) is 0 Å². The van der Waals surface area contributed by atoms with E-state index in [2.05, 4.69) is 5.32 Å². The van der Waals surface area contributed by atoms with Crippen molar-refractivity contribution in [3.05, 3.63) is 42.2 Å². The summed E-state index contributed by atoms with van der Waals surface area (Å²) in [6, 6.07) is 7.88. The molecule has 2 aromatic rings. The average molecular weight is 409 g/mol. The van der Waals surface area contributed by atoms with E-state index in [-0.39, 0.29) is 17.2 Å². The van der Waals surface area contributed by atoms with Crippen LogP contribution in [0.1, 0.15) is 17.4 Å². The van der Waals surface area contributed by atoms with Gasteiger partial charge in [-0.1, -0.05) is 0 Å². The average Bonchev–Trinajstić information content (AvgIpc) is 3.05. The number of nitrogens with zero attached hydrogens (tertiary/aromatic N) is 2. The fourth-order valence-electron chi connectivity index (χ4n) is 2.43. The number of methoxy groups -OCH3 is 1. The zero-order chi connectivity index (χ0) is 20.9. The van der Waals surface area contributed by atoms with Crippen LogP contribution in [0.2, 0.25) is 0 Å². The van der Waals surface area contributed by atoms with Gasteiger partial charge >= 0.3 is 5.97 Å². The molecule has 0 aliphatic carbocycles. The summed E-state index contributed by atoms with van der Waals surface area (Å²) in [4.78, 5) is 24.0. The number of aryl methyl sites for hydroxylation is 1. The standard InChI is InChI=1S/C18H23N3O6S/c1-5-27-18(23)16-10-15(11-20(16)2)28(24,25)21(3)12-17(22)19-13-6-8-14(26-4)9-7-13/h6-11H,5,12H2,1-4H3,(H,19,22). The number of rotatable bonds is 8. The van der Waals surface area contributed by atoms with Gasteiger partial charge in [0, 0.05) is 26.0 Å². The van der Waals surface area contributed by atoms with Crippen LogP contribution in [0.25, 0.3) is 0 Å². The lowest BCUT2D eigenvalue weighted by Crippen LogP contribution is -2.34. The van der Waals surface area contributed by atoms with Gasteiger partial charge in [-0.3, -0.25) is 4.79 Å². The predicted molar refractivity (Wildman–Crippen MR) is 103 cm³/mol. The smallest absolute Gasteiger partial charge is 0.354 e. The van der Waals surface area contributed by atoms with E-state index in [1.54, 1.807) is 38.2 Å². The first-order chi connectivity index (χ1) is 13.2. The Morgan fingerprint density at radius 1 is 1.21 bits per heavy atom. The number of esters is 1. The molecular formula is C18H23N3O6S. The first-order valence-corrected chi connectivity index (χ1v) is 9.86. The van der Waals surface area contributed by atoms with E-state index in [0.717, 1.165) is 4.31 Å². The first kappa shape index (κ1) is 21.5. The Kier molecular flexibility index (Phi) is 6.81. The predicted octanol–water partition coefficient (Wildman–Crippen LogP) is 1.47. The highest BCUT2D eigenvalue weighted by Crippen LogP contribution is 2.19. The zero-order valence-electron chi connectivity index (χ0n) is 16.1. The van der Waals surface area contributed by atoms with Crippen LogP contribution < -0.4 is 10.1 Å². The quantitative estimate of drug-likeness (QED) is 0.662. The molecule has 9 nitrogen and oxygen atoms in total. The Morgan fingerprint density at radius 3 is 2.43 bits per heavy atom. The number of carbonyl (C=O) groups is 2. The number of ether oxygens (including phenoxy) is 2. The van der Waals surface area contributed by atoms with Crippen molar-refractivity contribution in [3.8, 4) is 5.75 Å². The molecular weight excluding hydrogens is 386 g/mol. The number of anilines is 1. The van der Waals surface area contributed by atoms with Gasteiger partial charge in [0.1, 0.15) is 16.3 Å². The number of benzene rings is 1. The van der Waals surface area contributed by atoms with Gasteiger partial charge in [0.25, 0.3) is 0 Å². The summed E-state index contributed by atoms with van der Waals surface area (Å²) in [6.07, 6.45) is 1.31. The summed E-state index contributed by atoms with van der Waals surface area (Å²) in [7, 11) is 0.404. The van der Waals surface area contributed by atoms with Crippen LogP contribution in [0, 0.1) is 0 Å². The molecule has 0 fully saturated rings. The van der Waals surface area contributed by atoms with Crippen molar-refractivity contribution >= 4 is 27.6 Å². The second kappa shape index (κ2) is 8.89. The van der Waals surface area contributed by atoms with E-state index in [0.29, 0.717) is 11.4 Å². The molecule has 1 aromatic carbocycles. The molecule has 0 aliphatic rings. The molecule has 28 heavy (non-hydrogen) atoms. The fraction of sp³-hybridized carbons (Fsp3) is 0.333. The van der Waals surface area contributed by atoms with Crippen LogP contribution in [0.5, 0.6) is 5.75 Å². The highest BCUT2D eigenvalue weighted by atomic mass is 32.2. The minimum Gasteiger partial charge on any atom is -0.497 e. The Balaban J connectivity index is 2.09. The number of hydrogen-bond acceptors (Lipinski definition) is 6. The molecule has 0 radical (unpaired) electrons. The summed E-state index contributed by atoms with van der Waals surface area (Å²) >= 11 is 0. The normalized spacial score (nSPS) is 11.3. The molecule has 0 atom stereocenters. The largest absolute Gasteiger partial charge is 0.497 e. The van der Waals surface area contributed by atoms with Crippen molar-refractivity contribution in [3.63, 3.8) is 0 Å². The third-order valence-corrected chi connectivity index (χ3v) is 5.68. The maximum atomic E-state index is 12.7. The van der Waals surface area contributed by atoms with Gasteiger partial charge in [-0.25, -0.2) is 13.2 Å². The van der Waals surface area contributed by atoms with E-state index in [4.69, 9.17) is 9.47 Å². The van der Waals surface area contributed by atoms with Gasteiger partial charge in [-0.05, 0) is 37.3 Å². The van der Waals surface area contributed by atoms with Crippen LogP contribution in [0.3, 0.4) is 0 Å². The molecule has 0 aliphatic heterocycles. The number of hydrogen-bond donors (Lipinski definition) is 1. The molecule has 0 unspecified atom stereocenters. The van der Waals surface area contributed by atoms with Gasteiger partial charge < -0.3 is 19.4 Å². The Bertz CT molecular complexity index is 950. The van der Waals surface area contributed by atoms with Gasteiger partial charge in [-0.15, -0.1) is 0 Å². The molecule has 0 saturated heterocycles. The van der Waals surface area contributed by atoms with Crippen LogP contribution in [0.15, 0.2) is 41.4 Å². The summed E-state index contributed by atoms with van der Waals surface area (Å²) in [5, 5.41) is 2.62. The van der Waals surface area contributed by atoms with Crippen molar-refractivity contribution in [2.24, 2.45) is 7.05 Å². The number of carbonyl (C=O) groups excluding carboxylic acids is 2. The van der Waals surface area contributed by atoms with Crippen LogP contribution in [-0.4, -0.2) is 56.5 Å². The third-order valence-electron chi connectivity index (χ3n) is 3.91. The molecule has 0 bridgehead atoms. The summed E-state index contributed by atoms with van der Waals surface area (Å²) < 4.78 is 37.7. The van der Waals surface area contributed by atoms with Crippen molar-refractivity contribution in [2.45, 2.75) is 11.8 Å². The molecule has 0 saturated carbocycles.